The molecule has 1 saturated carbocycles. The molecule has 1 aliphatic carbocycles. The van der Waals surface area contributed by atoms with Crippen molar-refractivity contribution >= 4 is 5.91 Å². The van der Waals surface area contributed by atoms with Gasteiger partial charge >= 0.3 is 0 Å². The Hall–Kier alpha value is -1.39. The highest BCUT2D eigenvalue weighted by Crippen LogP contribution is 2.24. The lowest BCUT2D eigenvalue weighted by molar-refractivity contribution is -0.909. The van der Waals surface area contributed by atoms with Gasteiger partial charge in [0, 0.05) is 5.92 Å². The van der Waals surface area contributed by atoms with E-state index in [-0.39, 0.29) is 17.9 Å². The van der Waals surface area contributed by atoms with E-state index in [0.717, 1.165) is 45.7 Å². The molecule has 1 saturated heterocycles. The topological polar surface area (TPSA) is 42.8 Å². The third-order valence-corrected chi connectivity index (χ3v) is 5.46. The van der Waals surface area contributed by atoms with E-state index in [1.54, 1.807) is 0 Å². The minimum atomic E-state index is 0.105. The SMILES string of the molecule is Cc1ccc([C@@H](C[NH+]2CCOCC2)NC(=O)C2CCCCC2)cc1. The van der Waals surface area contributed by atoms with Crippen LogP contribution in [-0.2, 0) is 9.53 Å². The van der Waals surface area contributed by atoms with E-state index in [0.29, 0.717) is 0 Å². The smallest absolute Gasteiger partial charge is 0.223 e. The summed E-state index contributed by atoms with van der Waals surface area (Å²) in [5, 5.41) is 3.37. The van der Waals surface area contributed by atoms with Crippen molar-refractivity contribution in [2.45, 2.75) is 45.1 Å². The first-order valence-electron chi connectivity index (χ1n) is 9.50. The molecule has 1 atom stereocenters. The van der Waals surface area contributed by atoms with Crippen molar-refractivity contribution in [1.82, 2.24) is 5.32 Å². The second-order valence-electron chi connectivity index (χ2n) is 7.37. The first kappa shape index (κ1) is 17.4. The van der Waals surface area contributed by atoms with Gasteiger partial charge < -0.3 is 15.0 Å². The minimum Gasteiger partial charge on any atom is -0.370 e. The van der Waals surface area contributed by atoms with Crippen LogP contribution in [0.4, 0.5) is 0 Å². The molecule has 4 heteroatoms. The number of nitrogens with one attached hydrogen (secondary N) is 2. The zero-order valence-electron chi connectivity index (χ0n) is 14.9. The van der Waals surface area contributed by atoms with Crippen molar-refractivity contribution < 1.29 is 14.4 Å². The Balaban J connectivity index is 1.68. The van der Waals surface area contributed by atoms with E-state index >= 15 is 0 Å². The third kappa shape index (κ3) is 4.81. The van der Waals surface area contributed by atoms with Gasteiger partial charge in [-0.2, -0.15) is 0 Å². The largest absolute Gasteiger partial charge is 0.370 e. The van der Waals surface area contributed by atoms with E-state index < -0.39 is 0 Å². The van der Waals surface area contributed by atoms with E-state index in [1.165, 1.54) is 35.3 Å². The molecule has 2 fully saturated rings. The van der Waals surface area contributed by atoms with Gasteiger partial charge in [-0.15, -0.1) is 0 Å². The number of hydrogen-bond donors (Lipinski definition) is 2. The number of amides is 1. The van der Waals surface area contributed by atoms with Gasteiger partial charge in [0.1, 0.15) is 25.7 Å². The second-order valence-corrected chi connectivity index (χ2v) is 7.37. The molecule has 0 spiro atoms. The van der Waals surface area contributed by atoms with E-state index in [4.69, 9.17) is 4.74 Å². The number of aryl methyl sites for hydroxylation is 1. The Morgan fingerprint density at radius 2 is 1.83 bits per heavy atom. The van der Waals surface area contributed by atoms with Crippen LogP contribution in [0.25, 0.3) is 0 Å². The lowest BCUT2D eigenvalue weighted by Crippen LogP contribution is -3.14. The zero-order chi connectivity index (χ0) is 16.8. The molecule has 24 heavy (non-hydrogen) atoms. The van der Waals surface area contributed by atoms with Gasteiger partial charge in [0.25, 0.3) is 0 Å². The molecule has 1 amide bonds. The number of ether oxygens (including phenoxy) is 1. The summed E-state index contributed by atoms with van der Waals surface area (Å²) in [7, 11) is 0. The van der Waals surface area contributed by atoms with Crippen molar-refractivity contribution in [3.63, 3.8) is 0 Å². The van der Waals surface area contributed by atoms with Gasteiger partial charge in [-0.1, -0.05) is 49.1 Å². The molecule has 1 aromatic rings. The molecule has 0 bridgehead atoms. The Morgan fingerprint density at radius 1 is 1.17 bits per heavy atom. The van der Waals surface area contributed by atoms with Gasteiger partial charge in [0.15, 0.2) is 0 Å². The maximum atomic E-state index is 12.7. The number of morpholine rings is 1. The molecule has 0 unspecified atom stereocenters. The molecule has 132 valence electrons. The van der Waals surface area contributed by atoms with Crippen LogP contribution in [0.15, 0.2) is 24.3 Å². The van der Waals surface area contributed by atoms with Gasteiger partial charge in [-0.05, 0) is 25.3 Å². The van der Waals surface area contributed by atoms with Crippen molar-refractivity contribution in [3.05, 3.63) is 35.4 Å². The van der Waals surface area contributed by atoms with Gasteiger partial charge in [-0.25, -0.2) is 0 Å². The summed E-state index contributed by atoms with van der Waals surface area (Å²) in [6.45, 7) is 6.76. The summed E-state index contributed by atoms with van der Waals surface area (Å²) in [4.78, 5) is 14.3. The molecular formula is C20H31N2O2+. The molecule has 1 aliphatic heterocycles. The molecule has 2 N–H and O–H groups in total. The molecule has 0 aromatic heterocycles. The predicted octanol–water partition coefficient (Wildman–Crippen LogP) is 1.65. The lowest BCUT2D eigenvalue weighted by Gasteiger charge is -2.30. The fourth-order valence-electron chi connectivity index (χ4n) is 3.86. The molecule has 3 rings (SSSR count). The van der Waals surface area contributed by atoms with E-state index in [2.05, 4.69) is 36.5 Å². The van der Waals surface area contributed by atoms with Crippen molar-refractivity contribution in [3.8, 4) is 0 Å². The highest BCUT2D eigenvalue weighted by Gasteiger charge is 2.27. The van der Waals surface area contributed by atoms with Crippen LogP contribution in [0.2, 0.25) is 0 Å². The van der Waals surface area contributed by atoms with Crippen LogP contribution in [0, 0.1) is 12.8 Å². The number of hydrogen-bond acceptors (Lipinski definition) is 2. The van der Waals surface area contributed by atoms with Crippen LogP contribution in [0.5, 0.6) is 0 Å². The highest BCUT2D eigenvalue weighted by molar-refractivity contribution is 5.79. The maximum absolute atomic E-state index is 12.7. The van der Waals surface area contributed by atoms with E-state index in [9.17, 15) is 4.79 Å². The van der Waals surface area contributed by atoms with Gasteiger partial charge in [0.2, 0.25) is 5.91 Å². The standard InChI is InChI=1S/C20H30N2O2/c1-16-7-9-17(10-8-16)19(15-22-11-13-24-14-12-22)21-20(23)18-5-3-2-4-6-18/h7-10,18-19H,2-6,11-15H2,1H3,(H,21,23)/p+1/t19-/m1/s1. The molecule has 1 aromatic carbocycles. The molecule has 4 nitrogen and oxygen atoms in total. The van der Waals surface area contributed by atoms with Crippen LogP contribution < -0.4 is 10.2 Å². The Kier molecular flexibility index (Phi) is 6.27. The normalized spacial score (nSPS) is 21.4. The maximum Gasteiger partial charge on any atom is 0.223 e. The Labute approximate surface area is 145 Å². The lowest BCUT2D eigenvalue weighted by atomic mass is 9.88. The summed E-state index contributed by atoms with van der Waals surface area (Å²) < 4.78 is 5.47. The molecule has 1 heterocycles. The summed E-state index contributed by atoms with van der Waals surface area (Å²) in [6.07, 6.45) is 5.78. The van der Waals surface area contributed by atoms with Gasteiger partial charge in [-0.3, -0.25) is 4.79 Å². The highest BCUT2D eigenvalue weighted by atomic mass is 16.5. The number of rotatable bonds is 5. The average molecular weight is 331 g/mol. The predicted molar refractivity (Wildman–Crippen MR) is 95.0 cm³/mol. The number of carbonyl (C=O) groups excluding carboxylic acids is 1. The average Bonchev–Trinajstić information content (AvgIpc) is 2.63. The molecule has 0 radical (unpaired) electrons. The summed E-state index contributed by atoms with van der Waals surface area (Å²) in [5.41, 5.74) is 2.48. The summed E-state index contributed by atoms with van der Waals surface area (Å²) >= 11 is 0. The Bertz CT molecular complexity index is 517. The number of benzene rings is 1. The number of carbonyl (C=O) groups is 1. The summed E-state index contributed by atoms with van der Waals surface area (Å²) in [6, 6.07) is 8.73. The van der Waals surface area contributed by atoms with Crippen LogP contribution >= 0.6 is 0 Å². The fourth-order valence-corrected chi connectivity index (χ4v) is 3.86. The van der Waals surface area contributed by atoms with Crippen LogP contribution in [0.1, 0.15) is 49.3 Å². The van der Waals surface area contributed by atoms with E-state index in [1.807, 2.05) is 0 Å². The Morgan fingerprint density at radius 3 is 2.50 bits per heavy atom. The third-order valence-electron chi connectivity index (χ3n) is 5.46. The quantitative estimate of drug-likeness (QED) is 0.861. The van der Waals surface area contributed by atoms with Crippen molar-refractivity contribution in [1.29, 1.82) is 0 Å². The van der Waals surface area contributed by atoms with Crippen LogP contribution in [-0.4, -0.2) is 38.8 Å². The van der Waals surface area contributed by atoms with Crippen molar-refractivity contribution in [2.24, 2.45) is 5.92 Å². The molecular weight excluding hydrogens is 300 g/mol. The molecule has 2 aliphatic rings. The number of quaternary nitrogens is 1. The monoisotopic (exact) mass is 331 g/mol. The fraction of sp³-hybridized carbons (Fsp3) is 0.650. The zero-order valence-corrected chi connectivity index (χ0v) is 14.9. The first-order chi connectivity index (χ1) is 11.7. The second kappa shape index (κ2) is 8.63. The summed E-state index contributed by atoms with van der Waals surface area (Å²) in [5.74, 6) is 0.472. The van der Waals surface area contributed by atoms with Crippen molar-refractivity contribution in [2.75, 3.05) is 32.8 Å². The van der Waals surface area contributed by atoms with Crippen LogP contribution in [0.3, 0.4) is 0 Å². The first-order valence-corrected chi connectivity index (χ1v) is 9.50. The minimum absolute atomic E-state index is 0.105. The van der Waals surface area contributed by atoms with Gasteiger partial charge in [0.05, 0.1) is 13.2 Å².